The van der Waals surface area contributed by atoms with Gasteiger partial charge in [0.05, 0.1) is 12.4 Å². The van der Waals surface area contributed by atoms with E-state index in [0.29, 0.717) is 17.7 Å². The average molecular weight is 301 g/mol. The molecule has 0 radical (unpaired) electrons. The molecular weight excluding hydrogens is 278 g/mol. The third-order valence-electron chi connectivity index (χ3n) is 3.87. The molecule has 1 aliphatic heterocycles. The molecule has 1 aliphatic rings. The van der Waals surface area contributed by atoms with Crippen LogP contribution >= 0.6 is 0 Å². The number of furan rings is 1. The van der Waals surface area contributed by atoms with E-state index in [-0.39, 0.29) is 0 Å². The van der Waals surface area contributed by atoms with Crippen molar-refractivity contribution in [3.8, 4) is 11.6 Å². The van der Waals surface area contributed by atoms with Crippen molar-refractivity contribution in [3.05, 3.63) is 36.4 Å². The van der Waals surface area contributed by atoms with Crippen LogP contribution in [0.2, 0.25) is 0 Å². The SMILES string of the molecule is CCCO[C@@H]1CCCN(Cc2cnc(-c3ccco3)nc2)C1. The number of aromatic nitrogens is 2. The minimum absolute atomic E-state index is 0.372. The van der Waals surface area contributed by atoms with Crippen LogP contribution in [0.5, 0.6) is 0 Å². The molecule has 0 spiro atoms. The molecule has 5 nitrogen and oxygen atoms in total. The van der Waals surface area contributed by atoms with Crippen LogP contribution in [-0.2, 0) is 11.3 Å². The lowest BCUT2D eigenvalue weighted by molar-refractivity contribution is -0.00227. The summed E-state index contributed by atoms with van der Waals surface area (Å²) in [6, 6.07) is 3.71. The van der Waals surface area contributed by atoms with Crippen LogP contribution in [0, 0.1) is 0 Å². The van der Waals surface area contributed by atoms with Gasteiger partial charge in [0.1, 0.15) is 0 Å². The molecule has 5 heteroatoms. The molecule has 2 aromatic heterocycles. The van der Waals surface area contributed by atoms with Gasteiger partial charge in [-0.25, -0.2) is 9.97 Å². The van der Waals surface area contributed by atoms with Crippen LogP contribution in [0.4, 0.5) is 0 Å². The maximum Gasteiger partial charge on any atom is 0.195 e. The van der Waals surface area contributed by atoms with Crippen molar-refractivity contribution in [1.29, 1.82) is 0 Å². The van der Waals surface area contributed by atoms with E-state index in [2.05, 4.69) is 21.8 Å². The molecule has 0 unspecified atom stereocenters. The highest BCUT2D eigenvalue weighted by atomic mass is 16.5. The molecule has 2 aromatic rings. The van der Waals surface area contributed by atoms with Gasteiger partial charge in [0, 0.05) is 37.7 Å². The third-order valence-corrected chi connectivity index (χ3v) is 3.87. The topological polar surface area (TPSA) is 51.4 Å². The molecule has 118 valence electrons. The highest BCUT2D eigenvalue weighted by Gasteiger charge is 2.20. The first-order valence-electron chi connectivity index (χ1n) is 8.04. The van der Waals surface area contributed by atoms with Gasteiger partial charge in [0.25, 0.3) is 0 Å². The second-order valence-corrected chi connectivity index (χ2v) is 5.76. The first-order valence-corrected chi connectivity index (χ1v) is 8.04. The zero-order valence-corrected chi connectivity index (χ0v) is 13.1. The molecule has 1 fully saturated rings. The van der Waals surface area contributed by atoms with E-state index >= 15 is 0 Å². The highest BCUT2D eigenvalue weighted by molar-refractivity contribution is 5.45. The Kier molecular flexibility index (Phi) is 5.19. The van der Waals surface area contributed by atoms with E-state index in [9.17, 15) is 0 Å². The van der Waals surface area contributed by atoms with E-state index in [1.807, 2.05) is 24.5 Å². The molecule has 3 rings (SSSR count). The molecule has 1 atom stereocenters. The normalized spacial score (nSPS) is 19.4. The van der Waals surface area contributed by atoms with Crippen LogP contribution in [0.3, 0.4) is 0 Å². The molecule has 0 aromatic carbocycles. The second kappa shape index (κ2) is 7.51. The van der Waals surface area contributed by atoms with Crippen LogP contribution in [0.25, 0.3) is 11.6 Å². The van der Waals surface area contributed by atoms with Gasteiger partial charge in [-0.2, -0.15) is 0 Å². The Balaban J connectivity index is 1.56. The number of likely N-dealkylation sites (tertiary alicyclic amines) is 1. The third kappa shape index (κ3) is 3.93. The summed E-state index contributed by atoms with van der Waals surface area (Å²) in [6.45, 7) is 6.01. The quantitative estimate of drug-likeness (QED) is 0.820. The largest absolute Gasteiger partial charge is 0.461 e. The molecular formula is C17H23N3O2. The monoisotopic (exact) mass is 301 g/mol. The zero-order chi connectivity index (χ0) is 15.2. The fourth-order valence-electron chi connectivity index (χ4n) is 2.80. The standard InChI is InChI=1S/C17H23N3O2/c1-2-8-21-15-5-3-7-20(13-15)12-14-10-18-17(19-11-14)16-6-4-9-22-16/h4,6,9-11,15H,2-3,5,7-8,12-13H2,1H3/t15-/m1/s1. The summed E-state index contributed by atoms with van der Waals surface area (Å²) in [6.07, 6.45) is 9.24. The molecule has 0 aliphatic carbocycles. The van der Waals surface area contributed by atoms with E-state index < -0.39 is 0 Å². The Morgan fingerprint density at radius 2 is 2.23 bits per heavy atom. The predicted octanol–water partition coefficient (Wildman–Crippen LogP) is 3.13. The van der Waals surface area contributed by atoms with E-state index in [4.69, 9.17) is 9.15 Å². The Labute approximate surface area is 131 Å². The average Bonchev–Trinajstić information content (AvgIpc) is 3.08. The maximum atomic E-state index is 5.88. The lowest BCUT2D eigenvalue weighted by atomic mass is 10.1. The van der Waals surface area contributed by atoms with E-state index in [0.717, 1.165) is 38.2 Å². The van der Waals surface area contributed by atoms with E-state index in [1.165, 1.54) is 12.8 Å². The van der Waals surface area contributed by atoms with Crippen molar-refractivity contribution in [2.45, 2.75) is 38.8 Å². The summed E-state index contributed by atoms with van der Waals surface area (Å²) in [4.78, 5) is 11.2. The summed E-state index contributed by atoms with van der Waals surface area (Å²) in [5.41, 5.74) is 1.13. The fraction of sp³-hybridized carbons (Fsp3) is 0.529. The minimum Gasteiger partial charge on any atom is -0.461 e. The predicted molar refractivity (Wildman–Crippen MR) is 84.3 cm³/mol. The fourth-order valence-corrected chi connectivity index (χ4v) is 2.80. The molecule has 0 bridgehead atoms. The van der Waals surface area contributed by atoms with Crippen molar-refractivity contribution in [2.75, 3.05) is 19.7 Å². The number of ether oxygens (including phenoxy) is 1. The molecule has 1 saturated heterocycles. The first kappa shape index (κ1) is 15.2. The van der Waals surface area contributed by atoms with Crippen molar-refractivity contribution in [3.63, 3.8) is 0 Å². The van der Waals surface area contributed by atoms with Crippen LogP contribution in [0.15, 0.2) is 35.2 Å². The van der Waals surface area contributed by atoms with Gasteiger partial charge >= 0.3 is 0 Å². The van der Waals surface area contributed by atoms with Gasteiger partial charge in [-0.15, -0.1) is 0 Å². The summed E-state index contributed by atoms with van der Waals surface area (Å²) < 4.78 is 11.2. The van der Waals surface area contributed by atoms with Gasteiger partial charge in [0.15, 0.2) is 11.6 Å². The Hall–Kier alpha value is -1.72. The molecule has 0 saturated carbocycles. The lowest BCUT2D eigenvalue weighted by Gasteiger charge is -2.32. The van der Waals surface area contributed by atoms with Gasteiger partial charge < -0.3 is 9.15 Å². The lowest BCUT2D eigenvalue weighted by Crippen LogP contribution is -2.39. The minimum atomic E-state index is 0.372. The van der Waals surface area contributed by atoms with E-state index in [1.54, 1.807) is 6.26 Å². The smallest absolute Gasteiger partial charge is 0.195 e. The van der Waals surface area contributed by atoms with Crippen molar-refractivity contribution in [1.82, 2.24) is 14.9 Å². The van der Waals surface area contributed by atoms with Crippen LogP contribution in [0.1, 0.15) is 31.7 Å². The summed E-state index contributed by atoms with van der Waals surface area (Å²) in [7, 11) is 0. The van der Waals surface area contributed by atoms with Gasteiger partial charge in [-0.05, 0) is 37.9 Å². The highest BCUT2D eigenvalue weighted by Crippen LogP contribution is 2.17. The first-order chi connectivity index (χ1) is 10.8. The molecule has 0 amide bonds. The number of nitrogens with zero attached hydrogens (tertiary/aromatic N) is 3. The Morgan fingerprint density at radius 1 is 1.36 bits per heavy atom. The number of rotatable bonds is 6. The van der Waals surface area contributed by atoms with Crippen LogP contribution in [-0.4, -0.2) is 40.7 Å². The summed E-state index contributed by atoms with van der Waals surface area (Å²) in [5, 5.41) is 0. The molecule has 3 heterocycles. The zero-order valence-electron chi connectivity index (χ0n) is 13.1. The Bertz CT molecular complexity index is 554. The maximum absolute atomic E-state index is 5.88. The van der Waals surface area contributed by atoms with Crippen LogP contribution < -0.4 is 0 Å². The number of piperidine rings is 1. The molecule has 22 heavy (non-hydrogen) atoms. The van der Waals surface area contributed by atoms with Gasteiger partial charge in [-0.3, -0.25) is 4.90 Å². The number of hydrogen-bond donors (Lipinski definition) is 0. The van der Waals surface area contributed by atoms with Crippen molar-refractivity contribution >= 4 is 0 Å². The van der Waals surface area contributed by atoms with Gasteiger partial charge in [-0.1, -0.05) is 6.92 Å². The Morgan fingerprint density at radius 3 is 2.95 bits per heavy atom. The second-order valence-electron chi connectivity index (χ2n) is 5.76. The summed E-state index contributed by atoms with van der Waals surface area (Å²) >= 11 is 0. The number of hydrogen-bond acceptors (Lipinski definition) is 5. The van der Waals surface area contributed by atoms with Crippen molar-refractivity contribution < 1.29 is 9.15 Å². The molecule has 0 N–H and O–H groups in total. The summed E-state index contributed by atoms with van der Waals surface area (Å²) in [5.74, 6) is 1.34. The van der Waals surface area contributed by atoms with Crippen molar-refractivity contribution in [2.24, 2.45) is 0 Å². The van der Waals surface area contributed by atoms with Gasteiger partial charge in [0.2, 0.25) is 0 Å².